The summed E-state index contributed by atoms with van der Waals surface area (Å²) >= 11 is 1.83. The molecule has 2 unspecified atom stereocenters. The molecule has 0 saturated heterocycles. The number of aromatic nitrogens is 4. The molecule has 0 N–H and O–H groups in total. The third-order valence-electron chi connectivity index (χ3n) is 15.1. The molecule has 11 rings (SSSR count). The van der Waals surface area contributed by atoms with Crippen LogP contribution in [0.3, 0.4) is 0 Å². The van der Waals surface area contributed by atoms with Crippen molar-refractivity contribution in [3.05, 3.63) is 275 Å². The average molecular weight is 1080 g/mol. The van der Waals surface area contributed by atoms with E-state index in [2.05, 4.69) is 262 Å². The molecule has 81 heavy (non-hydrogen) atoms. The van der Waals surface area contributed by atoms with Crippen LogP contribution in [0.4, 0.5) is 0 Å². The zero-order valence-corrected chi connectivity index (χ0v) is 48.5. The van der Waals surface area contributed by atoms with Crippen molar-refractivity contribution in [2.24, 2.45) is 10.4 Å². The standard InChI is InChI=1S/C70H64N6S.C2H6.C2H2/c1-6-9-16-29-56-49(4)75(66(35-10-7-2)71-48-50-36-43-64-59(46-50)57-30-21-22-33-63(57)77-64)55-41-42-62-67(60(56)47-55)58-31-19-15-20-32-61(58)76(62)69-73-65(34-25-28-54(8-3)70(5)44-23-12-11-13-24-45-70)72-68(74-69)53-39-37-52(38-40-53)51-26-17-14-18-27-51;2*1-2/h6-8,10-12,14-22,24-31,33,35-43,45-48,60H,1,9,13,23,32,34,44H2,2-5H3;1-2H3;1-2H/b10-7-,12-11-,28-25-,29-16-,45-24-,54-8+,66-35+,71-48+;;. The van der Waals surface area contributed by atoms with E-state index in [1.165, 1.54) is 42.4 Å². The Balaban J connectivity index is 0.00000194. The maximum Gasteiger partial charge on any atom is 0.238 e. The van der Waals surface area contributed by atoms with E-state index < -0.39 is 0 Å². The molecule has 0 fully saturated rings. The molecule has 404 valence electrons. The lowest BCUT2D eigenvalue weighted by Gasteiger charge is -2.34. The van der Waals surface area contributed by atoms with Crippen molar-refractivity contribution in [3.63, 3.8) is 0 Å². The van der Waals surface area contributed by atoms with Crippen LogP contribution in [-0.4, -0.2) is 30.6 Å². The van der Waals surface area contributed by atoms with Crippen molar-refractivity contribution < 1.29 is 0 Å². The molecule has 7 aromatic rings. The van der Waals surface area contributed by atoms with E-state index in [1.807, 2.05) is 44.4 Å². The van der Waals surface area contributed by atoms with Crippen LogP contribution in [0.1, 0.15) is 107 Å². The Bertz CT molecular complexity index is 3870. The minimum atomic E-state index is -0.0982. The van der Waals surface area contributed by atoms with E-state index in [0.29, 0.717) is 30.4 Å². The predicted molar refractivity (Wildman–Crippen MR) is 348 cm³/mol. The highest BCUT2D eigenvalue weighted by Gasteiger charge is 2.36. The summed E-state index contributed by atoms with van der Waals surface area (Å²) in [5.74, 6) is 2.65. The number of benzene rings is 4. The van der Waals surface area contributed by atoms with Crippen molar-refractivity contribution in [2.45, 2.75) is 86.0 Å². The first-order chi connectivity index (χ1) is 39.8. The summed E-state index contributed by atoms with van der Waals surface area (Å²) in [7, 11) is 0. The molecule has 1 aliphatic heterocycles. The number of thiophene rings is 1. The second-order valence-corrected chi connectivity index (χ2v) is 21.2. The Morgan fingerprint density at radius 2 is 1.60 bits per heavy atom. The van der Waals surface area contributed by atoms with Gasteiger partial charge in [-0.1, -0.05) is 197 Å². The van der Waals surface area contributed by atoms with Crippen LogP contribution in [0.2, 0.25) is 0 Å². The average Bonchev–Trinajstić information content (AvgIpc) is 4.08. The van der Waals surface area contributed by atoms with E-state index in [4.69, 9.17) is 19.9 Å². The van der Waals surface area contributed by atoms with Crippen LogP contribution < -0.4 is 0 Å². The highest BCUT2D eigenvalue weighted by atomic mass is 32.1. The van der Waals surface area contributed by atoms with Crippen molar-refractivity contribution in [3.8, 4) is 41.3 Å². The normalized spacial score (nSPS) is 18.7. The molecule has 4 heterocycles. The molecule has 7 heteroatoms. The quantitative estimate of drug-likeness (QED) is 0.0471. The Labute approximate surface area is 484 Å². The Kier molecular flexibility index (Phi) is 18.8. The lowest BCUT2D eigenvalue weighted by Crippen LogP contribution is -2.25. The first kappa shape index (κ1) is 56.7. The molecule has 0 spiro atoms. The Morgan fingerprint density at radius 1 is 0.827 bits per heavy atom. The van der Waals surface area contributed by atoms with Crippen LogP contribution in [0.25, 0.3) is 60.8 Å². The fourth-order valence-electron chi connectivity index (χ4n) is 11.2. The number of fused-ring (bicyclic) bond motifs is 8. The molecule has 3 aliphatic carbocycles. The molecular weight excluding hydrogens is 1000 g/mol. The van der Waals surface area contributed by atoms with Gasteiger partial charge in [0.1, 0.15) is 11.6 Å². The highest BCUT2D eigenvalue weighted by Crippen LogP contribution is 2.47. The summed E-state index contributed by atoms with van der Waals surface area (Å²) in [6.07, 6.45) is 59.5. The maximum atomic E-state index is 5.44. The number of terminal acetylenes is 1. The molecule has 6 nitrogen and oxygen atoms in total. The van der Waals surface area contributed by atoms with Gasteiger partial charge in [-0.25, -0.2) is 9.98 Å². The summed E-state index contributed by atoms with van der Waals surface area (Å²) in [5, 5.41) is 2.52. The molecule has 2 bridgehead atoms. The van der Waals surface area contributed by atoms with Crippen LogP contribution in [-0.2, 0) is 12.8 Å². The van der Waals surface area contributed by atoms with Gasteiger partial charge in [0, 0.05) is 78.8 Å². The van der Waals surface area contributed by atoms with Gasteiger partial charge in [-0.15, -0.1) is 30.8 Å². The van der Waals surface area contributed by atoms with Crippen molar-refractivity contribution in [1.82, 2.24) is 24.4 Å². The summed E-state index contributed by atoms with van der Waals surface area (Å²) in [6.45, 7) is 16.8. The molecule has 2 atom stereocenters. The fourth-order valence-corrected chi connectivity index (χ4v) is 12.2. The number of allylic oxidation sites excluding steroid dienone is 21. The molecule has 0 amide bonds. The Hall–Kier alpha value is -8.96. The molecule has 0 radical (unpaired) electrons. The second-order valence-electron chi connectivity index (χ2n) is 20.1. The van der Waals surface area contributed by atoms with E-state index in [-0.39, 0.29) is 11.3 Å². The monoisotopic (exact) mass is 1080 g/mol. The van der Waals surface area contributed by atoms with E-state index >= 15 is 0 Å². The van der Waals surface area contributed by atoms with Crippen molar-refractivity contribution >= 4 is 49.9 Å². The number of nitrogens with zero attached hydrogens (tertiary/aromatic N) is 6. The zero-order chi connectivity index (χ0) is 56.7. The van der Waals surface area contributed by atoms with Gasteiger partial charge < -0.3 is 0 Å². The lowest BCUT2D eigenvalue weighted by molar-refractivity contribution is 0.479. The third kappa shape index (κ3) is 12.3. The van der Waals surface area contributed by atoms with E-state index in [0.717, 1.165) is 76.5 Å². The second kappa shape index (κ2) is 26.8. The summed E-state index contributed by atoms with van der Waals surface area (Å²) in [6, 6.07) is 34.4. The van der Waals surface area contributed by atoms with Gasteiger partial charge in [0.15, 0.2) is 5.82 Å². The molecular formula is C74H72N6S. The molecule has 4 aliphatic rings. The fraction of sp³-hybridized carbons (Fsp3) is 0.189. The van der Waals surface area contributed by atoms with Gasteiger partial charge in [0.05, 0.1) is 5.69 Å². The van der Waals surface area contributed by atoms with Gasteiger partial charge in [-0.2, -0.15) is 9.97 Å². The molecule has 4 aromatic carbocycles. The van der Waals surface area contributed by atoms with Gasteiger partial charge in [0.2, 0.25) is 5.95 Å². The topological polar surface area (TPSA) is 59.2 Å². The van der Waals surface area contributed by atoms with Gasteiger partial charge in [0.25, 0.3) is 0 Å². The van der Waals surface area contributed by atoms with Crippen LogP contribution in [0.15, 0.2) is 246 Å². The lowest BCUT2D eigenvalue weighted by atomic mass is 9.76. The van der Waals surface area contributed by atoms with Crippen LogP contribution >= 0.6 is 11.3 Å². The number of hydrogen-bond donors (Lipinski definition) is 0. The Morgan fingerprint density at radius 3 is 2.41 bits per heavy atom. The zero-order valence-electron chi connectivity index (χ0n) is 47.6. The van der Waals surface area contributed by atoms with Gasteiger partial charge in [-0.05, 0) is 122 Å². The first-order valence-corrected chi connectivity index (χ1v) is 29.1. The highest BCUT2D eigenvalue weighted by molar-refractivity contribution is 7.25. The predicted octanol–water partition coefficient (Wildman–Crippen LogP) is 19.4. The maximum absolute atomic E-state index is 5.44. The minimum absolute atomic E-state index is 0.0703. The largest absolute Gasteiger partial charge is 0.299 e. The summed E-state index contributed by atoms with van der Waals surface area (Å²) in [5.41, 5.74) is 13.4. The van der Waals surface area contributed by atoms with Crippen LogP contribution in [0, 0.1) is 18.3 Å². The first-order valence-electron chi connectivity index (χ1n) is 28.3. The van der Waals surface area contributed by atoms with Gasteiger partial charge >= 0.3 is 0 Å². The van der Waals surface area contributed by atoms with Crippen molar-refractivity contribution in [2.75, 3.05) is 0 Å². The molecule has 3 aromatic heterocycles. The van der Waals surface area contributed by atoms with Gasteiger partial charge in [-0.3, -0.25) is 9.47 Å². The third-order valence-corrected chi connectivity index (χ3v) is 16.2. The number of hydrogen-bond acceptors (Lipinski definition) is 6. The number of rotatable bonds is 14. The molecule has 0 saturated carbocycles. The smallest absolute Gasteiger partial charge is 0.238 e. The van der Waals surface area contributed by atoms with E-state index in [1.54, 1.807) is 0 Å². The SMILES string of the molecule is C#C.C=CC/C=C\C1=C(C)N(C(=C/C=C\C)/N=C/c2ccc3sc4ccccc4c3c2)C2=CC1c1c3c(n(-c4nc(C/C=C\C(=C/C)C5(C)/C=C\C/C=C\CC5)nc(-c5ccc(-c6ccccc6)cc5)n4)c1C=C2)CC=CC=C3.CC. The van der Waals surface area contributed by atoms with E-state index in [9.17, 15) is 0 Å². The van der Waals surface area contributed by atoms with Crippen molar-refractivity contribution in [1.29, 1.82) is 0 Å². The number of aliphatic imine (C=N–C) groups is 1. The summed E-state index contributed by atoms with van der Waals surface area (Å²) < 4.78 is 4.87. The summed E-state index contributed by atoms with van der Waals surface area (Å²) in [4.78, 5) is 23.7. The van der Waals surface area contributed by atoms with Crippen LogP contribution in [0.5, 0.6) is 0 Å². The minimum Gasteiger partial charge on any atom is -0.299 e.